The van der Waals surface area contributed by atoms with Gasteiger partial charge in [0, 0.05) is 6.54 Å². The first kappa shape index (κ1) is 5.66. The van der Waals surface area contributed by atoms with Gasteiger partial charge in [-0.15, -0.1) is 11.8 Å². The topological polar surface area (TPSA) is 12.0 Å². The molecule has 2 aliphatic heterocycles. The van der Waals surface area contributed by atoms with E-state index in [1.807, 2.05) is 11.8 Å². The monoisotopic (exact) mass is 141 g/mol. The van der Waals surface area contributed by atoms with Crippen LogP contribution < -0.4 is 5.32 Å². The molecule has 2 rings (SSSR count). The van der Waals surface area contributed by atoms with Crippen molar-refractivity contribution in [1.82, 2.24) is 5.32 Å². The fourth-order valence-electron chi connectivity index (χ4n) is 1.42. The smallest absolute Gasteiger partial charge is 0.0673 e. The summed E-state index contributed by atoms with van der Waals surface area (Å²) in [4.78, 5) is 0. The normalized spacial score (nSPS) is 25.8. The molecule has 0 saturated carbocycles. The van der Waals surface area contributed by atoms with Crippen LogP contribution in [0.2, 0.25) is 0 Å². The molecule has 0 aromatic rings. The molecular formula is C7H11NS. The minimum atomic E-state index is 1.19. The van der Waals surface area contributed by atoms with Crippen LogP contribution in [0, 0.1) is 0 Å². The largest absolute Gasteiger partial charge is 0.380 e. The minimum absolute atomic E-state index is 1.19. The molecule has 0 aromatic carbocycles. The van der Waals surface area contributed by atoms with Crippen molar-refractivity contribution in [3.63, 3.8) is 0 Å². The van der Waals surface area contributed by atoms with Gasteiger partial charge in [-0.2, -0.15) is 0 Å². The molecule has 0 unspecified atom stereocenters. The molecule has 0 amide bonds. The zero-order valence-corrected chi connectivity index (χ0v) is 6.26. The summed E-state index contributed by atoms with van der Waals surface area (Å²) >= 11 is 2.00. The predicted molar refractivity (Wildman–Crippen MR) is 41.3 cm³/mol. The second-order valence-corrected chi connectivity index (χ2v) is 3.67. The number of nitrogens with one attached hydrogen (secondary N) is 1. The average molecular weight is 141 g/mol. The lowest BCUT2D eigenvalue weighted by molar-refractivity contribution is 0.852. The highest BCUT2D eigenvalue weighted by atomic mass is 32.2. The Kier molecular flexibility index (Phi) is 1.42. The van der Waals surface area contributed by atoms with Gasteiger partial charge in [-0.1, -0.05) is 0 Å². The van der Waals surface area contributed by atoms with Crippen LogP contribution >= 0.6 is 11.8 Å². The lowest BCUT2D eigenvalue weighted by atomic mass is 10.1. The first-order chi connectivity index (χ1) is 4.47. The maximum Gasteiger partial charge on any atom is 0.0673 e. The van der Waals surface area contributed by atoms with E-state index in [1.54, 1.807) is 5.57 Å². The standard InChI is InChI=1S/C7H11NS/c1-2-6-3-4-8-7(6)9-5-1/h8H,1-5H2. The molecule has 1 nitrogen and oxygen atoms in total. The van der Waals surface area contributed by atoms with Crippen molar-refractivity contribution in [3.05, 3.63) is 10.6 Å². The fraction of sp³-hybridized carbons (Fsp3) is 0.714. The molecule has 50 valence electrons. The van der Waals surface area contributed by atoms with Crippen LogP contribution in [0.1, 0.15) is 19.3 Å². The molecule has 1 N–H and O–H groups in total. The zero-order valence-electron chi connectivity index (χ0n) is 5.44. The second kappa shape index (κ2) is 2.25. The van der Waals surface area contributed by atoms with Crippen LogP contribution in [0.4, 0.5) is 0 Å². The van der Waals surface area contributed by atoms with Crippen molar-refractivity contribution in [1.29, 1.82) is 0 Å². The van der Waals surface area contributed by atoms with Gasteiger partial charge in [0.15, 0.2) is 0 Å². The van der Waals surface area contributed by atoms with Crippen LogP contribution in [0.25, 0.3) is 0 Å². The molecule has 0 fully saturated rings. The van der Waals surface area contributed by atoms with Crippen molar-refractivity contribution in [3.8, 4) is 0 Å². The average Bonchev–Trinajstić information content (AvgIpc) is 2.33. The summed E-state index contributed by atoms with van der Waals surface area (Å²) in [7, 11) is 0. The van der Waals surface area contributed by atoms with Gasteiger partial charge >= 0.3 is 0 Å². The third kappa shape index (κ3) is 0.960. The van der Waals surface area contributed by atoms with Crippen molar-refractivity contribution >= 4 is 11.8 Å². The Morgan fingerprint density at radius 3 is 3.22 bits per heavy atom. The third-order valence-electron chi connectivity index (χ3n) is 1.90. The van der Waals surface area contributed by atoms with Gasteiger partial charge < -0.3 is 5.32 Å². The fourth-order valence-corrected chi connectivity index (χ4v) is 2.52. The van der Waals surface area contributed by atoms with Gasteiger partial charge in [-0.3, -0.25) is 0 Å². The van der Waals surface area contributed by atoms with Gasteiger partial charge in [0.25, 0.3) is 0 Å². The van der Waals surface area contributed by atoms with E-state index in [1.165, 1.54) is 36.6 Å². The summed E-state index contributed by atoms with van der Waals surface area (Å²) in [6.07, 6.45) is 4.06. The molecule has 0 saturated heterocycles. The van der Waals surface area contributed by atoms with Crippen molar-refractivity contribution in [2.75, 3.05) is 12.3 Å². The second-order valence-electron chi connectivity index (χ2n) is 2.56. The van der Waals surface area contributed by atoms with Gasteiger partial charge in [0.05, 0.1) is 5.03 Å². The highest BCUT2D eigenvalue weighted by Crippen LogP contribution is 2.32. The van der Waals surface area contributed by atoms with Gasteiger partial charge in [0.1, 0.15) is 0 Å². The van der Waals surface area contributed by atoms with Gasteiger partial charge in [0.2, 0.25) is 0 Å². The summed E-state index contributed by atoms with van der Waals surface area (Å²) in [6.45, 7) is 1.19. The lowest BCUT2D eigenvalue weighted by Crippen LogP contribution is -2.06. The number of hydrogen-bond acceptors (Lipinski definition) is 2. The van der Waals surface area contributed by atoms with E-state index in [0.717, 1.165) is 0 Å². The van der Waals surface area contributed by atoms with E-state index in [9.17, 15) is 0 Å². The molecule has 0 spiro atoms. The predicted octanol–water partition coefficient (Wildman–Crippen LogP) is 1.72. The summed E-state index contributed by atoms with van der Waals surface area (Å²) < 4.78 is 0. The van der Waals surface area contributed by atoms with E-state index in [-0.39, 0.29) is 0 Å². The number of rotatable bonds is 0. The minimum Gasteiger partial charge on any atom is -0.380 e. The molecule has 2 heterocycles. The zero-order chi connectivity index (χ0) is 6.10. The van der Waals surface area contributed by atoms with Crippen molar-refractivity contribution < 1.29 is 0 Å². The molecule has 0 aromatic heterocycles. The number of thioether (sulfide) groups is 1. The summed E-state index contributed by atoms with van der Waals surface area (Å²) in [5.41, 5.74) is 1.69. The molecule has 2 aliphatic rings. The van der Waals surface area contributed by atoms with Crippen molar-refractivity contribution in [2.24, 2.45) is 0 Å². The van der Waals surface area contributed by atoms with E-state index >= 15 is 0 Å². The van der Waals surface area contributed by atoms with Crippen LogP contribution in [-0.4, -0.2) is 12.3 Å². The number of hydrogen-bond donors (Lipinski definition) is 1. The van der Waals surface area contributed by atoms with E-state index in [2.05, 4.69) is 5.32 Å². The molecule has 0 aliphatic carbocycles. The van der Waals surface area contributed by atoms with Gasteiger partial charge in [-0.05, 0) is 30.6 Å². The molecule has 0 bridgehead atoms. The maximum absolute atomic E-state index is 3.40. The Balaban J connectivity index is 2.17. The molecule has 2 heteroatoms. The Labute approximate surface area is 59.9 Å². The highest BCUT2D eigenvalue weighted by Gasteiger charge is 2.16. The molecular weight excluding hydrogens is 130 g/mol. The Hall–Kier alpha value is -0.110. The van der Waals surface area contributed by atoms with E-state index in [4.69, 9.17) is 0 Å². The quantitative estimate of drug-likeness (QED) is 0.551. The summed E-state index contributed by atoms with van der Waals surface area (Å²) in [6, 6.07) is 0. The van der Waals surface area contributed by atoms with Crippen LogP contribution in [-0.2, 0) is 0 Å². The Bertz CT molecular complexity index is 135. The summed E-state index contributed by atoms with van der Waals surface area (Å²) in [5.74, 6) is 1.33. The van der Waals surface area contributed by atoms with Crippen LogP contribution in [0.5, 0.6) is 0 Å². The van der Waals surface area contributed by atoms with Crippen LogP contribution in [0.15, 0.2) is 10.6 Å². The Morgan fingerprint density at radius 2 is 2.33 bits per heavy atom. The SMILES string of the molecule is C1CSC2=C(C1)CCN2. The van der Waals surface area contributed by atoms with Crippen molar-refractivity contribution in [2.45, 2.75) is 19.3 Å². The summed E-state index contributed by atoms with van der Waals surface area (Å²) in [5, 5.41) is 4.90. The molecule has 9 heavy (non-hydrogen) atoms. The first-order valence-corrected chi connectivity index (χ1v) is 4.54. The van der Waals surface area contributed by atoms with E-state index in [0.29, 0.717) is 0 Å². The highest BCUT2D eigenvalue weighted by molar-refractivity contribution is 8.03. The first-order valence-electron chi connectivity index (χ1n) is 3.55. The van der Waals surface area contributed by atoms with Crippen LogP contribution in [0.3, 0.4) is 0 Å². The van der Waals surface area contributed by atoms with E-state index < -0.39 is 0 Å². The molecule has 0 radical (unpaired) electrons. The molecule has 0 atom stereocenters. The maximum atomic E-state index is 3.40. The van der Waals surface area contributed by atoms with Gasteiger partial charge in [-0.25, -0.2) is 0 Å². The third-order valence-corrected chi connectivity index (χ3v) is 3.12. The lowest BCUT2D eigenvalue weighted by Gasteiger charge is -2.11. The Morgan fingerprint density at radius 1 is 1.33 bits per heavy atom.